The molecular formula is C14H15BrCl2N2S. The van der Waals surface area contributed by atoms with E-state index < -0.39 is 0 Å². The Bertz CT molecular complexity index is 588. The van der Waals surface area contributed by atoms with Crippen molar-refractivity contribution in [3.63, 3.8) is 0 Å². The quantitative estimate of drug-likeness (QED) is 0.778. The van der Waals surface area contributed by atoms with Gasteiger partial charge in [-0.25, -0.2) is 0 Å². The van der Waals surface area contributed by atoms with Gasteiger partial charge in [0, 0.05) is 29.2 Å². The van der Waals surface area contributed by atoms with E-state index in [1.807, 2.05) is 19.2 Å². The first-order chi connectivity index (χ1) is 9.51. The van der Waals surface area contributed by atoms with Crippen molar-refractivity contribution in [2.24, 2.45) is 5.73 Å². The fraction of sp³-hybridized carbons (Fsp3) is 0.286. The third-order valence-corrected chi connectivity index (χ3v) is 5.25. The second kappa shape index (κ2) is 7.25. The zero-order chi connectivity index (χ0) is 14.7. The first-order valence-electron chi connectivity index (χ1n) is 6.09. The molecule has 1 aromatic carbocycles. The summed E-state index contributed by atoms with van der Waals surface area (Å²) < 4.78 is 1.13. The number of thiophene rings is 1. The van der Waals surface area contributed by atoms with Crippen LogP contribution < -0.4 is 5.73 Å². The zero-order valence-corrected chi connectivity index (χ0v) is 14.9. The molecule has 2 aromatic rings. The lowest BCUT2D eigenvalue weighted by Gasteiger charge is -2.27. The van der Waals surface area contributed by atoms with E-state index in [1.54, 1.807) is 17.4 Å². The summed E-state index contributed by atoms with van der Waals surface area (Å²) in [5, 5.41) is 3.43. The largest absolute Gasteiger partial charge is 0.329 e. The Balaban J connectivity index is 2.18. The molecule has 0 spiro atoms. The van der Waals surface area contributed by atoms with Crippen molar-refractivity contribution in [2.45, 2.75) is 12.6 Å². The van der Waals surface area contributed by atoms with Crippen molar-refractivity contribution in [3.8, 4) is 0 Å². The van der Waals surface area contributed by atoms with Crippen LogP contribution in [-0.4, -0.2) is 18.5 Å². The van der Waals surface area contributed by atoms with Crippen LogP contribution in [0.2, 0.25) is 10.0 Å². The minimum atomic E-state index is 0.0680. The van der Waals surface area contributed by atoms with Gasteiger partial charge in [-0.2, -0.15) is 0 Å². The van der Waals surface area contributed by atoms with Crippen LogP contribution in [-0.2, 0) is 6.54 Å². The number of benzene rings is 1. The molecule has 0 radical (unpaired) electrons. The molecule has 1 heterocycles. The van der Waals surface area contributed by atoms with E-state index in [1.165, 1.54) is 5.56 Å². The fourth-order valence-corrected chi connectivity index (χ4v) is 3.88. The third kappa shape index (κ3) is 3.97. The highest BCUT2D eigenvalue weighted by Crippen LogP contribution is 2.30. The molecule has 0 aliphatic heterocycles. The van der Waals surface area contributed by atoms with Crippen molar-refractivity contribution in [1.29, 1.82) is 0 Å². The van der Waals surface area contributed by atoms with Gasteiger partial charge in [-0.1, -0.05) is 29.3 Å². The lowest BCUT2D eigenvalue weighted by Crippen LogP contribution is -2.30. The second-order valence-electron chi connectivity index (χ2n) is 4.59. The highest BCUT2D eigenvalue weighted by molar-refractivity contribution is 9.11. The fourth-order valence-electron chi connectivity index (χ4n) is 2.14. The number of hydrogen-bond donors (Lipinski definition) is 1. The first-order valence-corrected chi connectivity index (χ1v) is 8.52. The minimum Gasteiger partial charge on any atom is -0.329 e. The van der Waals surface area contributed by atoms with Crippen molar-refractivity contribution < 1.29 is 0 Å². The van der Waals surface area contributed by atoms with E-state index >= 15 is 0 Å². The molecular weight excluding hydrogens is 379 g/mol. The Hall–Kier alpha value is -0.100. The Labute approximate surface area is 141 Å². The summed E-state index contributed by atoms with van der Waals surface area (Å²) in [6.45, 7) is 1.33. The lowest BCUT2D eigenvalue weighted by atomic mass is 10.1. The van der Waals surface area contributed by atoms with E-state index in [2.05, 4.69) is 32.3 Å². The number of nitrogens with zero attached hydrogens (tertiary/aromatic N) is 1. The van der Waals surface area contributed by atoms with Gasteiger partial charge in [-0.3, -0.25) is 4.90 Å². The van der Waals surface area contributed by atoms with Crippen LogP contribution >= 0.6 is 50.5 Å². The molecule has 1 atom stereocenters. The van der Waals surface area contributed by atoms with Crippen molar-refractivity contribution in [2.75, 3.05) is 13.6 Å². The maximum absolute atomic E-state index is 6.28. The van der Waals surface area contributed by atoms with Crippen LogP contribution in [0.15, 0.2) is 33.4 Å². The Morgan fingerprint density at radius 1 is 1.35 bits per heavy atom. The smallest absolute Gasteiger partial charge is 0.0701 e. The number of likely N-dealkylation sites (N-methyl/N-ethyl adjacent to an activating group) is 1. The van der Waals surface area contributed by atoms with Crippen molar-refractivity contribution in [1.82, 2.24) is 4.90 Å². The second-order valence-corrected chi connectivity index (χ2v) is 7.73. The van der Waals surface area contributed by atoms with Crippen LogP contribution in [0.1, 0.15) is 17.2 Å². The summed E-state index contributed by atoms with van der Waals surface area (Å²) >= 11 is 17.4. The standard InChI is InChI=1S/C14H15BrCl2N2S/c1-19(7-9-4-14(15)20-8-9)13(6-18)11-3-2-10(16)5-12(11)17/h2-5,8,13H,6-7,18H2,1H3. The summed E-state index contributed by atoms with van der Waals surface area (Å²) in [5.74, 6) is 0. The molecule has 20 heavy (non-hydrogen) atoms. The van der Waals surface area contributed by atoms with Gasteiger partial charge >= 0.3 is 0 Å². The van der Waals surface area contributed by atoms with Gasteiger partial charge in [0.15, 0.2) is 0 Å². The molecule has 1 aromatic heterocycles. The van der Waals surface area contributed by atoms with Crippen molar-refractivity contribution >= 4 is 50.5 Å². The number of nitrogens with two attached hydrogens (primary N) is 1. The third-order valence-electron chi connectivity index (χ3n) is 3.13. The molecule has 1 unspecified atom stereocenters. The molecule has 108 valence electrons. The number of halogens is 3. The van der Waals surface area contributed by atoms with E-state index in [0.717, 1.165) is 15.9 Å². The predicted molar refractivity (Wildman–Crippen MR) is 91.7 cm³/mol. The monoisotopic (exact) mass is 392 g/mol. The van der Waals surface area contributed by atoms with Gasteiger partial charge in [-0.15, -0.1) is 11.3 Å². The van der Waals surface area contributed by atoms with Gasteiger partial charge < -0.3 is 5.73 Å². The van der Waals surface area contributed by atoms with Crippen LogP contribution in [0, 0.1) is 0 Å². The summed E-state index contributed by atoms with van der Waals surface area (Å²) in [7, 11) is 2.05. The minimum absolute atomic E-state index is 0.0680. The van der Waals surface area contributed by atoms with Crippen LogP contribution in [0.3, 0.4) is 0 Å². The van der Waals surface area contributed by atoms with Crippen LogP contribution in [0.25, 0.3) is 0 Å². The molecule has 6 heteroatoms. The summed E-state index contributed by atoms with van der Waals surface area (Å²) in [4.78, 5) is 2.20. The highest BCUT2D eigenvalue weighted by Gasteiger charge is 2.19. The predicted octanol–water partition coefficient (Wildman–Crippen LogP) is 4.95. The molecule has 0 saturated heterocycles. The Morgan fingerprint density at radius 2 is 2.10 bits per heavy atom. The average molecular weight is 394 g/mol. The highest BCUT2D eigenvalue weighted by atomic mass is 79.9. The molecule has 0 amide bonds. The van der Waals surface area contributed by atoms with Gasteiger partial charge in [0.2, 0.25) is 0 Å². The van der Waals surface area contributed by atoms with E-state index in [4.69, 9.17) is 28.9 Å². The van der Waals surface area contributed by atoms with Gasteiger partial charge in [0.25, 0.3) is 0 Å². The molecule has 0 aliphatic carbocycles. The maximum Gasteiger partial charge on any atom is 0.0701 e. The SMILES string of the molecule is CN(Cc1csc(Br)c1)C(CN)c1ccc(Cl)cc1Cl. The van der Waals surface area contributed by atoms with Gasteiger partial charge in [-0.05, 0) is 57.7 Å². The maximum atomic E-state index is 6.28. The van der Waals surface area contributed by atoms with Gasteiger partial charge in [0.1, 0.15) is 0 Å². The molecule has 0 fully saturated rings. The zero-order valence-electron chi connectivity index (χ0n) is 10.9. The molecule has 2 nitrogen and oxygen atoms in total. The van der Waals surface area contributed by atoms with Crippen molar-refractivity contribution in [3.05, 3.63) is 54.6 Å². The van der Waals surface area contributed by atoms with E-state index in [0.29, 0.717) is 16.6 Å². The first kappa shape index (κ1) is 16.3. The van der Waals surface area contributed by atoms with E-state index in [9.17, 15) is 0 Å². The Morgan fingerprint density at radius 3 is 2.65 bits per heavy atom. The molecule has 2 N–H and O–H groups in total. The molecule has 0 aliphatic rings. The summed E-state index contributed by atoms with van der Waals surface area (Å²) in [6.07, 6.45) is 0. The van der Waals surface area contributed by atoms with Gasteiger partial charge in [0.05, 0.1) is 3.79 Å². The van der Waals surface area contributed by atoms with Crippen LogP contribution in [0.4, 0.5) is 0 Å². The molecule has 0 bridgehead atoms. The summed E-state index contributed by atoms with van der Waals surface area (Å²) in [5.41, 5.74) is 8.20. The van der Waals surface area contributed by atoms with Crippen LogP contribution in [0.5, 0.6) is 0 Å². The number of rotatable bonds is 5. The molecule has 0 saturated carbocycles. The van der Waals surface area contributed by atoms with E-state index in [-0.39, 0.29) is 6.04 Å². The number of hydrogen-bond acceptors (Lipinski definition) is 3. The summed E-state index contributed by atoms with van der Waals surface area (Å²) in [6, 6.07) is 7.75. The molecule has 2 rings (SSSR count). The topological polar surface area (TPSA) is 29.3 Å². The lowest BCUT2D eigenvalue weighted by molar-refractivity contribution is 0.242. The normalized spacial score (nSPS) is 12.9. The Kier molecular flexibility index (Phi) is 5.90. The average Bonchev–Trinajstić information content (AvgIpc) is 2.78.